The fourth-order valence-corrected chi connectivity index (χ4v) is 4.21. The average molecular weight is 390 g/mol. The molecule has 2 aromatic heterocycles. The SMILES string of the molecule is CCOC(=O)Cc1csc(S[C@@H](C)c2nnc(-c3ccc(C)cc3)o2)n1. The van der Waals surface area contributed by atoms with Crippen LogP contribution in [0.25, 0.3) is 11.5 Å². The Balaban J connectivity index is 1.63. The van der Waals surface area contributed by atoms with Crippen LogP contribution < -0.4 is 0 Å². The van der Waals surface area contributed by atoms with Gasteiger partial charge in [0.05, 0.1) is 24.0 Å². The lowest BCUT2D eigenvalue weighted by atomic mass is 10.1. The molecular weight excluding hydrogens is 370 g/mol. The van der Waals surface area contributed by atoms with Gasteiger partial charge >= 0.3 is 5.97 Å². The number of aryl methyl sites for hydroxylation is 1. The molecule has 6 nitrogen and oxygen atoms in total. The van der Waals surface area contributed by atoms with Gasteiger partial charge in [-0.3, -0.25) is 4.79 Å². The van der Waals surface area contributed by atoms with E-state index >= 15 is 0 Å². The van der Waals surface area contributed by atoms with Gasteiger partial charge in [0.25, 0.3) is 0 Å². The second kappa shape index (κ2) is 8.46. The van der Waals surface area contributed by atoms with E-state index in [1.807, 2.05) is 43.5 Å². The number of carbonyl (C=O) groups is 1. The minimum Gasteiger partial charge on any atom is -0.466 e. The minimum atomic E-state index is -0.262. The summed E-state index contributed by atoms with van der Waals surface area (Å²) in [7, 11) is 0. The number of thioether (sulfide) groups is 1. The normalized spacial score (nSPS) is 12.1. The molecule has 136 valence electrons. The molecule has 0 aliphatic heterocycles. The summed E-state index contributed by atoms with van der Waals surface area (Å²) < 4.78 is 11.6. The number of hydrogen-bond acceptors (Lipinski definition) is 8. The third-order valence-corrected chi connectivity index (χ3v) is 5.63. The predicted molar refractivity (Wildman–Crippen MR) is 101 cm³/mol. The van der Waals surface area contributed by atoms with Crippen LogP contribution >= 0.6 is 23.1 Å². The Morgan fingerprint density at radius 1 is 1.31 bits per heavy atom. The zero-order valence-corrected chi connectivity index (χ0v) is 16.4. The second-order valence-corrected chi connectivity index (χ2v) is 8.10. The highest BCUT2D eigenvalue weighted by atomic mass is 32.2. The lowest BCUT2D eigenvalue weighted by molar-refractivity contribution is -0.142. The molecule has 1 atom stereocenters. The maximum atomic E-state index is 11.5. The second-order valence-electron chi connectivity index (χ2n) is 5.66. The Hall–Kier alpha value is -2.19. The first-order valence-electron chi connectivity index (χ1n) is 8.22. The zero-order valence-electron chi connectivity index (χ0n) is 14.8. The van der Waals surface area contributed by atoms with Gasteiger partial charge in [-0.15, -0.1) is 21.5 Å². The molecule has 0 N–H and O–H groups in total. The van der Waals surface area contributed by atoms with Crippen molar-refractivity contribution >= 4 is 29.1 Å². The van der Waals surface area contributed by atoms with Crippen molar-refractivity contribution in [1.29, 1.82) is 0 Å². The van der Waals surface area contributed by atoms with E-state index in [1.54, 1.807) is 6.92 Å². The van der Waals surface area contributed by atoms with Crippen LogP contribution in [0.2, 0.25) is 0 Å². The largest absolute Gasteiger partial charge is 0.466 e. The van der Waals surface area contributed by atoms with Crippen LogP contribution in [-0.2, 0) is 16.0 Å². The summed E-state index contributed by atoms with van der Waals surface area (Å²) >= 11 is 3.02. The van der Waals surface area contributed by atoms with Gasteiger partial charge in [-0.1, -0.05) is 29.5 Å². The van der Waals surface area contributed by atoms with E-state index in [9.17, 15) is 4.79 Å². The zero-order chi connectivity index (χ0) is 18.5. The monoisotopic (exact) mass is 389 g/mol. The number of carbonyl (C=O) groups excluding carboxylic acids is 1. The van der Waals surface area contributed by atoms with Gasteiger partial charge in [0.1, 0.15) is 0 Å². The molecule has 0 unspecified atom stereocenters. The van der Waals surface area contributed by atoms with Crippen molar-refractivity contribution in [2.24, 2.45) is 0 Å². The summed E-state index contributed by atoms with van der Waals surface area (Å²) in [5.41, 5.74) is 2.80. The highest BCUT2D eigenvalue weighted by Gasteiger charge is 2.18. The Morgan fingerprint density at radius 3 is 2.81 bits per heavy atom. The third kappa shape index (κ3) is 4.70. The Morgan fingerprint density at radius 2 is 2.08 bits per heavy atom. The van der Waals surface area contributed by atoms with Gasteiger partial charge in [0, 0.05) is 10.9 Å². The number of benzene rings is 1. The summed E-state index contributed by atoms with van der Waals surface area (Å²) in [5.74, 6) is 0.796. The molecule has 0 aliphatic carbocycles. The number of aromatic nitrogens is 3. The van der Waals surface area contributed by atoms with Gasteiger partial charge in [0.2, 0.25) is 11.8 Å². The summed E-state index contributed by atoms with van der Waals surface area (Å²) in [6.45, 7) is 6.19. The topological polar surface area (TPSA) is 78.1 Å². The van der Waals surface area contributed by atoms with Gasteiger partial charge in [-0.05, 0) is 32.9 Å². The van der Waals surface area contributed by atoms with Gasteiger partial charge in [0.15, 0.2) is 4.34 Å². The lowest BCUT2D eigenvalue weighted by Gasteiger charge is -2.03. The first-order chi connectivity index (χ1) is 12.5. The molecule has 1 aromatic carbocycles. The molecule has 0 radical (unpaired) electrons. The van der Waals surface area contributed by atoms with Crippen LogP contribution in [0.4, 0.5) is 0 Å². The van der Waals surface area contributed by atoms with Crippen molar-refractivity contribution in [2.45, 2.75) is 36.8 Å². The van der Waals surface area contributed by atoms with E-state index in [0.717, 1.165) is 9.90 Å². The van der Waals surface area contributed by atoms with Gasteiger partial charge < -0.3 is 9.15 Å². The predicted octanol–water partition coefficient (Wildman–Crippen LogP) is 4.46. The molecule has 0 fully saturated rings. The van der Waals surface area contributed by atoms with Crippen LogP contribution in [0.5, 0.6) is 0 Å². The van der Waals surface area contributed by atoms with E-state index in [2.05, 4.69) is 15.2 Å². The molecule has 0 amide bonds. The maximum absolute atomic E-state index is 11.5. The summed E-state index contributed by atoms with van der Waals surface area (Å²) in [6.07, 6.45) is 0.192. The molecule has 8 heteroatoms. The van der Waals surface area contributed by atoms with Crippen molar-refractivity contribution < 1.29 is 13.9 Å². The third-order valence-electron chi connectivity index (χ3n) is 3.53. The molecule has 0 spiro atoms. The lowest BCUT2D eigenvalue weighted by Crippen LogP contribution is -2.07. The van der Waals surface area contributed by atoms with E-state index < -0.39 is 0 Å². The summed E-state index contributed by atoms with van der Waals surface area (Å²) in [4.78, 5) is 16.0. The van der Waals surface area contributed by atoms with Crippen molar-refractivity contribution in [3.63, 3.8) is 0 Å². The molecule has 3 rings (SSSR count). The number of thiazole rings is 1. The molecule has 2 heterocycles. The number of rotatable bonds is 7. The standard InChI is InChI=1S/C18H19N3O3S2/c1-4-23-15(22)9-14-10-25-18(19-14)26-12(3)16-20-21-17(24-16)13-7-5-11(2)6-8-13/h5-8,10,12H,4,9H2,1-3H3/t12-/m0/s1. The molecule has 3 aromatic rings. The van der Waals surface area contributed by atoms with Crippen LogP contribution in [0, 0.1) is 6.92 Å². The molecule has 0 saturated carbocycles. The quantitative estimate of drug-likeness (QED) is 0.436. The minimum absolute atomic E-state index is 0.0386. The highest BCUT2D eigenvalue weighted by Crippen LogP contribution is 2.36. The molecule has 0 aliphatic rings. The smallest absolute Gasteiger partial charge is 0.311 e. The van der Waals surface area contributed by atoms with Crippen LogP contribution in [0.3, 0.4) is 0 Å². The fraction of sp³-hybridized carbons (Fsp3) is 0.333. The van der Waals surface area contributed by atoms with E-state index in [1.165, 1.54) is 28.7 Å². The van der Waals surface area contributed by atoms with E-state index in [0.29, 0.717) is 24.1 Å². The van der Waals surface area contributed by atoms with Crippen LogP contribution in [-0.4, -0.2) is 27.8 Å². The van der Waals surface area contributed by atoms with Crippen molar-refractivity contribution in [2.75, 3.05) is 6.61 Å². The van der Waals surface area contributed by atoms with Crippen molar-refractivity contribution in [3.05, 3.63) is 46.8 Å². The maximum Gasteiger partial charge on any atom is 0.311 e. The summed E-state index contributed by atoms with van der Waals surface area (Å²) in [5, 5.41) is 10.1. The number of ether oxygens (including phenoxy) is 1. The first kappa shape index (κ1) is 18.6. The van der Waals surface area contributed by atoms with Crippen LogP contribution in [0.15, 0.2) is 38.4 Å². The first-order valence-corrected chi connectivity index (χ1v) is 9.98. The molecule has 0 saturated heterocycles. The number of nitrogens with zero attached hydrogens (tertiary/aromatic N) is 3. The van der Waals surface area contributed by atoms with Gasteiger partial charge in [-0.25, -0.2) is 4.98 Å². The van der Waals surface area contributed by atoms with Gasteiger partial charge in [-0.2, -0.15) is 0 Å². The summed E-state index contributed by atoms with van der Waals surface area (Å²) in [6, 6.07) is 7.95. The number of hydrogen-bond donors (Lipinski definition) is 0. The fourth-order valence-electron chi connectivity index (χ4n) is 2.20. The Kier molecular flexibility index (Phi) is 6.05. The van der Waals surface area contributed by atoms with Crippen LogP contribution in [0.1, 0.15) is 36.2 Å². The average Bonchev–Trinajstić information content (AvgIpc) is 3.25. The van der Waals surface area contributed by atoms with E-state index in [-0.39, 0.29) is 17.6 Å². The molecule has 26 heavy (non-hydrogen) atoms. The Bertz CT molecular complexity index is 874. The highest BCUT2D eigenvalue weighted by molar-refractivity contribution is 8.01. The molecule has 0 bridgehead atoms. The van der Waals surface area contributed by atoms with Crippen molar-refractivity contribution in [3.8, 4) is 11.5 Å². The Labute approximate surface area is 160 Å². The molecular formula is C18H19N3O3S2. The van der Waals surface area contributed by atoms with E-state index in [4.69, 9.17) is 9.15 Å². The number of esters is 1. The van der Waals surface area contributed by atoms with Crippen molar-refractivity contribution in [1.82, 2.24) is 15.2 Å².